The lowest BCUT2D eigenvalue weighted by Crippen LogP contribution is -2.13. The fraction of sp³-hybridized carbons (Fsp3) is 1.00. The molecule has 0 aromatic rings. The Hall–Kier alpha value is -0.200. The molecule has 0 aliphatic heterocycles. The zero-order chi connectivity index (χ0) is 9.78. The molecule has 0 unspecified atom stereocenters. The first-order valence-corrected chi connectivity index (χ1v) is 4.46. The first-order chi connectivity index (χ1) is 6.41. The van der Waals surface area contributed by atoms with Gasteiger partial charge >= 0.3 is 0 Å². The number of hydrogen-bond acceptors (Lipinski definition) is 5. The highest BCUT2D eigenvalue weighted by Crippen LogP contribution is 1.80. The first-order valence-electron chi connectivity index (χ1n) is 4.46. The van der Waals surface area contributed by atoms with E-state index in [9.17, 15) is 0 Å². The van der Waals surface area contributed by atoms with Crippen LogP contribution >= 0.6 is 0 Å². The van der Waals surface area contributed by atoms with Crippen LogP contribution in [0.4, 0.5) is 0 Å². The van der Waals surface area contributed by atoms with Gasteiger partial charge < -0.3 is 19.0 Å². The molecule has 0 spiro atoms. The summed E-state index contributed by atoms with van der Waals surface area (Å²) in [6, 6.07) is 0. The predicted octanol–water partition coefficient (Wildman–Crippen LogP) is -0.0536. The predicted molar refractivity (Wildman–Crippen MR) is 48.3 cm³/mol. The van der Waals surface area contributed by atoms with Crippen molar-refractivity contribution in [3.05, 3.63) is 0 Å². The summed E-state index contributed by atoms with van der Waals surface area (Å²) in [5.74, 6) is 4.80. The van der Waals surface area contributed by atoms with E-state index < -0.39 is 0 Å². The summed E-state index contributed by atoms with van der Waals surface area (Å²) >= 11 is 0. The minimum absolute atomic E-state index is 0.416. The van der Waals surface area contributed by atoms with E-state index in [0.717, 1.165) is 6.61 Å². The first kappa shape index (κ1) is 12.8. The molecule has 0 aromatic heterocycles. The molecule has 0 radical (unpaired) electrons. The van der Waals surface area contributed by atoms with E-state index in [1.807, 2.05) is 6.92 Å². The van der Waals surface area contributed by atoms with Gasteiger partial charge in [-0.05, 0) is 6.92 Å². The van der Waals surface area contributed by atoms with Gasteiger partial charge in [0.1, 0.15) is 0 Å². The third-order valence-corrected chi connectivity index (χ3v) is 1.29. The summed E-state index contributed by atoms with van der Waals surface area (Å²) < 4.78 is 15.4. The topological polar surface area (TPSA) is 62.9 Å². The Morgan fingerprint density at radius 2 is 1.23 bits per heavy atom. The molecule has 0 bridgehead atoms. The third kappa shape index (κ3) is 11.8. The fourth-order valence-corrected chi connectivity index (χ4v) is 0.691. The number of hydrogen-bond donors (Lipinski definition) is 1. The van der Waals surface area contributed by atoms with Crippen LogP contribution in [-0.2, 0) is 19.0 Å². The van der Waals surface area contributed by atoms with Crippen LogP contribution in [0.15, 0.2) is 0 Å². The second-order valence-corrected chi connectivity index (χ2v) is 2.29. The van der Waals surface area contributed by atoms with Crippen molar-refractivity contribution in [3.63, 3.8) is 0 Å². The maximum absolute atomic E-state index is 5.19. The van der Waals surface area contributed by atoms with E-state index in [1.54, 1.807) is 0 Å². The Bertz CT molecular complexity index is 82.2. The van der Waals surface area contributed by atoms with E-state index in [-0.39, 0.29) is 0 Å². The van der Waals surface area contributed by atoms with Crippen molar-refractivity contribution < 1.29 is 19.0 Å². The highest BCUT2D eigenvalue weighted by atomic mass is 16.6. The van der Waals surface area contributed by atoms with Crippen LogP contribution in [-0.4, -0.2) is 46.2 Å². The Kier molecular flexibility index (Phi) is 11.6. The van der Waals surface area contributed by atoms with Gasteiger partial charge in [0.05, 0.1) is 39.6 Å². The normalized spacial score (nSPS) is 10.6. The van der Waals surface area contributed by atoms with Crippen LogP contribution < -0.4 is 5.90 Å². The molecule has 0 aromatic carbocycles. The van der Waals surface area contributed by atoms with Gasteiger partial charge in [-0.15, -0.1) is 0 Å². The van der Waals surface area contributed by atoms with E-state index in [4.69, 9.17) is 20.1 Å². The van der Waals surface area contributed by atoms with Crippen LogP contribution in [0.2, 0.25) is 0 Å². The van der Waals surface area contributed by atoms with E-state index in [0.29, 0.717) is 39.6 Å². The second-order valence-electron chi connectivity index (χ2n) is 2.29. The molecule has 5 nitrogen and oxygen atoms in total. The summed E-state index contributed by atoms with van der Waals surface area (Å²) in [4.78, 5) is 4.32. The average Bonchev–Trinajstić information content (AvgIpc) is 2.16. The standard InChI is InChI=1S/C8H19NO4/c1-2-10-3-4-11-5-6-12-7-8-13-9/h2-9H2,1H3. The molecule has 0 saturated heterocycles. The zero-order valence-corrected chi connectivity index (χ0v) is 8.16. The monoisotopic (exact) mass is 193 g/mol. The zero-order valence-electron chi connectivity index (χ0n) is 8.16. The molecule has 0 rings (SSSR count). The lowest BCUT2D eigenvalue weighted by Gasteiger charge is -2.04. The summed E-state index contributed by atoms with van der Waals surface area (Å²) in [6.07, 6.45) is 0. The number of ether oxygens (including phenoxy) is 3. The molecule has 80 valence electrons. The summed E-state index contributed by atoms with van der Waals surface area (Å²) in [5, 5.41) is 0. The second kappa shape index (κ2) is 11.8. The van der Waals surface area contributed by atoms with Crippen molar-refractivity contribution in [2.75, 3.05) is 46.2 Å². The molecule has 0 saturated carbocycles. The molecule has 13 heavy (non-hydrogen) atoms. The van der Waals surface area contributed by atoms with Crippen molar-refractivity contribution in [3.8, 4) is 0 Å². The van der Waals surface area contributed by atoms with Crippen LogP contribution in [0.3, 0.4) is 0 Å². The minimum Gasteiger partial charge on any atom is -0.379 e. The highest BCUT2D eigenvalue weighted by molar-refractivity contribution is 4.32. The van der Waals surface area contributed by atoms with Gasteiger partial charge in [-0.25, -0.2) is 5.90 Å². The summed E-state index contributed by atoms with van der Waals surface area (Å²) in [6.45, 7) is 6.01. The van der Waals surface area contributed by atoms with Crippen molar-refractivity contribution in [2.45, 2.75) is 6.92 Å². The molecular weight excluding hydrogens is 174 g/mol. The van der Waals surface area contributed by atoms with Gasteiger partial charge in [0.15, 0.2) is 0 Å². The molecule has 5 heteroatoms. The molecular formula is C8H19NO4. The molecule has 0 atom stereocenters. The fourth-order valence-electron chi connectivity index (χ4n) is 0.691. The van der Waals surface area contributed by atoms with Crippen LogP contribution in [0.1, 0.15) is 6.92 Å². The number of nitrogens with two attached hydrogens (primary N) is 1. The van der Waals surface area contributed by atoms with E-state index in [1.165, 1.54) is 0 Å². The molecule has 0 fully saturated rings. The van der Waals surface area contributed by atoms with Crippen LogP contribution in [0.25, 0.3) is 0 Å². The van der Waals surface area contributed by atoms with Gasteiger partial charge in [-0.3, -0.25) is 0 Å². The van der Waals surface area contributed by atoms with Crippen molar-refractivity contribution in [2.24, 2.45) is 5.90 Å². The summed E-state index contributed by atoms with van der Waals surface area (Å²) in [5.41, 5.74) is 0. The van der Waals surface area contributed by atoms with E-state index in [2.05, 4.69) is 4.84 Å². The van der Waals surface area contributed by atoms with Crippen molar-refractivity contribution >= 4 is 0 Å². The average molecular weight is 193 g/mol. The lowest BCUT2D eigenvalue weighted by atomic mass is 10.7. The Balaban J connectivity index is 2.76. The Labute approximate surface area is 79.0 Å². The maximum atomic E-state index is 5.19. The van der Waals surface area contributed by atoms with Gasteiger partial charge in [-0.1, -0.05) is 0 Å². The Morgan fingerprint density at radius 3 is 1.69 bits per heavy atom. The van der Waals surface area contributed by atoms with Crippen molar-refractivity contribution in [1.82, 2.24) is 0 Å². The van der Waals surface area contributed by atoms with Crippen LogP contribution in [0, 0.1) is 0 Å². The van der Waals surface area contributed by atoms with E-state index >= 15 is 0 Å². The maximum Gasteiger partial charge on any atom is 0.0913 e. The van der Waals surface area contributed by atoms with Gasteiger partial charge in [0, 0.05) is 6.61 Å². The number of rotatable bonds is 10. The summed E-state index contributed by atoms with van der Waals surface area (Å²) in [7, 11) is 0. The largest absolute Gasteiger partial charge is 0.379 e. The van der Waals surface area contributed by atoms with Gasteiger partial charge in [0.2, 0.25) is 0 Å². The molecule has 0 aliphatic carbocycles. The quantitative estimate of drug-likeness (QED) is 0.389. The van der Waals surface area contributed by atoms with Gasteiger partial charge in [0.25, 0.3) is 0 Å². The van der Waals surface area contributed by atoms with Crippen molar-refractivity contribution in [1.29, 1.82) is 0 Å². The SMILES string of the molecule is CCOCCOCCOCCON. The minimum atomic E-state index is 0.416. The molecule has 0 aliphatic rings. The highest BCUT2D eigenvalue weighted by Gasteiger charge is 1.89. The third-order valence-electron chi connectivity index (χ3n) is 1.29. The Morgan fingerprint density at radius 1 is 0.769 bits per heavy atom. The molecule has 0 heterocycles. The van der Waals surface area contributed by atoms with Gasteiger partial charge in [-0.2, -0.15) is 0 Å². The lowest BCUT2D eigenvalue weighted by molar-refractivity contribution is -0.000704. The van der Waals surface area contributed by atoms with Crippen LogP contribution in [0.5, 0.6) is 0 Å². The smallest absolute Gasteiger partial charge is 0.0913 e. The molecule has 2 N–H and O–H groups in total. The molecule has 0 amide bonds.